The van der Waals surface area contributed by atoms with Crippen LogP contribution in [0.2, 0.25) is 0 Å². The first-order chi connectivity index (χ1) is 9.08. The molecule has 1 heterocycles. The van der Waals surface area contributed by atoms with Gasteiger partial charge in [0, 0.05) is 6.92 Å². The normalized spacial score (nSPS) is 18.3. The summed E-state index contributed by atoms with van der Waals surface area (Å²) in [5, 5.41) is 5.01. The molecule has 2 amide bonds. The van der Waals surface area contributed by atoms with Crippen molar-refractivity contribution in [3.05, 3.63) is 29.8 Å². The van der Waals surface area contributed by atoms with Crippen LogP contribution < -0.4 is 15.4 Å². The molecule has 100 valence electrons. The van der Waals surface area contributed by atoms with Crippen molar-refractivity contribution in [2.24, 2.45) is 4.99 Å². The average Bonchev–Trinajstić information content (AvgIpc) is 2.37. The Balaban J connectivity index is 2.21. The van der Waals surface area contributed by atoms with Gasteiger partial charge in [0.1, 0.15) is 5.75 Å². The van der Waals surface area contributed by atoms with Crippen LogP contribution >= 0.6 is 0 Å². The lowest BCUT2D eigenvalue weighted by Crippen LogP contribution is -2.46. The largest absolute Gasteiger partial charge is 0.497 e. The fraction of sp³-hybridized carbons (Fsp3) is 0.308. The molecule has 6 heteroatoms. The lowest BCUT2D eigenvalue weighted by Gasteiger charge is -2.21. The van der Waals surface area contributed by atoms with Crippen molar-refractivity contribution in [3.8, 4) is 5.75 Å². The zero-order valence-electron chi connectivity index (χ0n) is 10.8. The lowest BCUT2D eigenvalue weighted by molar-refractivity contribution is -0.120. The van der Waals surface area contributed by atoms with Crippen molar-refractivity contribution in [1.29, 1.82) is 0 Å². The maximum atomic E-state index is 11.6. The Morgan fingerprint density at radius 2 is 2.11 bits per heavy atom. The number of nitrogens with one attached hydrogen (secondary N) is 2. The van der Waals surface area contributed by atoms with E-state index in [1.54, 1.807) is 7.11 Å². The third-order valence-corrected chi connectivity index (χ3v) is 2.72. The number of hydrogen-bond acceptors (Lipinski definition) is 4. The van der Waals surface area contributed by atoms with Crippen LogP contribution in [0.15, 0.2) is 29.3 Å². The standard InChI is InChI=1S/C13H15N3O3/c1-8(17)14-13-15-11(7-12(18)16-13)9-3-5-10(19-2)6-4-9/h3-6,11H,7H2,1-2H3,(H2,14,15,16,17,18)/t11-/m1/s1. The molecule has 0 saturated heterocycles. The van der Waals surface area contributed by atoms with E-state index in [1.807, 2.05) is 24.3 Å². The fourth-order valence-corrected chi connectivity index (χ4v) is 1.84. The van der Waals surface area contributed by atoms with E-state index in [-0.39, 0.29) is 30.2 Å². The minimum Gasteiger partial charge on any atom is -0.497 e. The molecule has 6 nitrogen and oxygen atoms in total. The molecule has 0 aromatic heterocycles. The number of methoxy groups -OCH3 is 1. The van der Waals surface area contributed by atoms with Crippen molar-refractivity contribution in [1.82, 2.24) is 10.6 Å². The molecule has 0 spiro atoms. The van der Waals surface area contributed by atoms with E-state index >= 15 is 0 Å². The first-order valence-corrected chi connectivity index (χ1v) is 5.87. The maximum Gasteiger partial charge on any atom is 0.229 e. The number of amides is 2. The summed E-state index contributed by atoms with van der Waals surface area (Å²) in [6.45, 7) is 1.37. The third-order valence-electron chi connectivity index (χ3n) is 2.72. The molecule has 1 aromatic carbocycles. The summed E-state index contributed by atoms with van der Waals surface area (Å²) in [5.41, 5.74) is 0.901. The summed E-state index contributed by atoms with van der Waals surface area (Å²) in [6, 6.07) is 7.06. The molecule has 0 radical (unpaired) electrons. The highest BCUT2D eigenvalue weighted by Gasteiger charge is 2.22. The number of carbonyl (C=O) groups excluding carboxylic acids is 2. The van der Waals surface area contributed by atoms with Crippen LogP contribution in [0.25, 0.3) is 0 Å². The van der Waals surface area contributed by atoms with Crippen LogP contribution in [0.3, 0.4) is 0 Å². The molecular weight excluding hydrogens is 246 g/mol. The monoisotopic (exact) mass is 261 g/mol. The summed E-state index contributed by atoms with van der Waals surface area (Å²) >= 11 is 0. The second kappa shape index (κ2) is 5.51. The molecule has 19 heavy (non-hydrogen) atoms. The zero-order valence-corrected chi connectivity index (χ0v) is 10.8. The predicted octanol–water partition coefficient (Wildman–Crippen LogP) is 0.748. The maximum absolute atomic E-state index is 11.6. The predicted molar refractivity (Wildman–Crippen MR) is 69.7 cm³/mol. The Bertz CT molecular complexity index is 522. The SMILES string of the molecule is COc1ccc([C@H]2CC(=O)NC(NC(C)=O)=N2)cc1. The van der Waals surface area contributed by atoms with Gasteiger partial charge in [0.15, 0.2) is 0 Å². The number of rotatable bonds is 2. The summed E-state index contributed by atoms with van der Waals surface area (Å²) in [5.74, 6) is 0.508. The summed E-state index contributed by atoms with van der Waals surface area (Å²) in [7, 11) is 1.59. The molecule has 1 aliphatic rings. The highest BCUT2D eigenvalue weighted by molar-refractivity contribution is 6.05. The van der Waals surface area contributed by atoms with Gasteiger partial charge in [-0.3, -0.25) is 20.2 Å². The molecule has 0 unspecified atom stereocenters. The van der Waals surface area contributed by atoms with Crippen LogP contribution in [0.1, 0.15) is 24.9 Å². The van der Waals surface area contributed by atoms with Crippen molar-refractivity contribution in [2.75, 3.05) is 7.11 Å². The van der Waals surface area contributed by atoms with Crippen molar-refractivity contribution in [3.63, 3.8) is 0 Å². The number of carbonyl (C=O) groups is 2. The van der Waals surface area contributed by atoms with Gasteiger partial charge in [-0.25, -0.2) is 4.99 Å². The number of guanidine groups is 1. The minimum absolute atomic E-state index is 0.167. The smallest absolute Gasteiger partial charge is 0.229 e. The second-order valence-corrected chi connectivity index (χ2v) is 4.20. The molecule has 2 N–H and O–H groups in total. The van der Waals surface area contributed by atoms with Gasteiger partial charge in [0.2, 0.25) is 17.8 Å². The molecule has 1 aromatic rings. The van der Waals surface area contributed by atoms with Crippen LogP contribution in [0.5, 0.6) is 5.75 Å². The first-order valence-electron chi connectivity index (χ1n) is 5.87. The van der Waals surface area contributed by atoms with Gasteiger partial charge in [-0.05, 0) is 17.7 Å². The first kappa shape index (κ1) is 13.1. The number of benzene rings is 1. The van der Waals surface area contributed by atoms with Crippen LogP contribution in [-0.4, -0.2) is 24.9 Å². The Morgan fingerprint density at radius 3 is 2.68 bits per heavy atom. The summed E-state index contributed by atoms with van der Waals surface area (Å²) in [6.07, 6.45) is 0.259. The van der Waals surface area contributed by atoms with Crippen LogP contribution in [-0.2, 0) is 9.59 Å². The van der Waals surface area contributed by atoms with Crippen molar-refractivity contribution < 1.29 is 14.3 Å². The Labute approximate surface area is 110 Å². The Kier molecular flexibility index (Phi) is 3.79. The van der Waals surface area contributed by atoms with Crippen LogP contribution in [0.4, 0.5) is 0 Å². The molecule has 1 aliphatic heterocycles. The van der Waals surface area contributed by atoms with E-state index in [0.29, 0.717) is 0 Å². The van der Waals surface area contributed by atoms with Gasteiger partial charge < -0.3 is 4.74 Å². The molecular formula is C13H15N3O3. The second-order valence-electron chi connectivity index (χ2n) is 4.20. The third kappa shape index (κ3) is 3.31. The molecule has 1 atom stereocenters. The van der Waals surface area contributed by atoms with Gasteiger partial charge in [0.25, 0.3) is 0 Å². The van der Waals surface area contributed by atoms with E-state index in [9.17, 15) is 9.59 Å². The molecule has 0 aliphatic carbocycles. The highest BCUT2D eigenvalue weighted by atomic mass is 16.5. The van der Waals surface area contributed by atoms with Crippen LogP contribution in [0, 0.1) is 0 Å². The molecule has 2 rings (SSSR count). The Morgan fingerprint density at radius 1 is 1.42 bits per heavy atom. The highest BCUT2D eigenvalue weighted by Crippen LogP contribution is 2.25. The number of aliphatic imine (C=N–C) groups is 1. The average molecular weight is 261 g/mol. The van der Waals surface area contributed by atoms with Crippen molar-refractivity contribution in [2.45, 2.75) is 19.4 Å². The zero-order chi connectivity index (χ0) is 13.8. The Hall–Kier alpha value is -2.37. The fourth-order valence-electron chi connectivity index (χ4n) is 1.84. The van der Waals surface area contributed by atoms with E-state index in [0.717, 1.165) is 11.3 Å². The minimum atomic E-state index is -0.290. The van der Waals surface area contributed by atoms with E-state index in [2.05, 4.69) is 15.6 Å². The number of ether oxygens (including phenoxy) is 1. The summed E-state index contributed by atoms with van der Waals surface area (Å²) in [4.78, 5) is 26.9. The van der Waals surface area contributed by atoms with E-state index in [4.69, 9.17) is 4.74 Å². The van der Waals surface area contributed by atoms with Gasteiger partial charge in [-0.1, -0.05) is 12.1 Å². The number of hydrogen-bond donors (Lipinski definition) is 2. The lowest BCUT2D eigenvalue weighted by atomic mass is 10.0. The van der Waals surface area contributed by atoms with Gasteiger partial charge >= 0.3 is 0 Å². The molecule has 0 bridgehead atoms. The van der Waals surface area contributed by atoms with E-state index in [1.165, 1.54) is 6.92 Å². The van der Waals surface area contributed by atoms with Gasteiger partial charge in [-0.15, -0.1) is 0 Å². The quantitative estimate of drug-likeness (QED) is 0.824. The summed E-state index contributed by atoms with van der Waals surface area (Å²) < 4.78 is 5.08. The molecule has 0 saturated carbocycles. The topological polar surface area (TPSA) is 79.8 Å². The number of nitrogens with zero attached hydrogens (tertiary/aromatic N) is 1. The van der Waals surface area contributed by atoms with Gasteiger partial charge in [-0.2, -0.15) is 0 Å². The van der Waals surface area contributed by atoms with Gasteiger partial charge in [0.05, 0.1) is 19.6 Å². The van der Waals surface area contributed by atoms with Crippen molar-refractivity contribution >= 4 is 17.8 Å². The van der Waals surface area contributed by atoms with E-state index < -0.39 is 0 Å². The molecule has 0 fully saturated rings.